The van der Waals surface area contributed by atoms with Gasteiger partial charge in [0.15, 0.2) is 0 Å². The third kappa shape index (κ3) is 0.655. The van der Waals surface area contributed by atoms with Gasteiger partial charge in [-0.3, -0.25) is 4.90 Å². The first kappa shape index (κ1) is 4.80. The molecule has 0 aromatic carbocycles. The summed E-state index contributed by atoms with van der Waals surface area (Å²) in [6.45, 7) is 5.09. The van der Waals surface area contributed by atoms with Crippen LogP contribution in [0.5, 0.6) is 0 Å². The predicted octanol–water partition coefficient (Wildman–Crippen LogP) is 1.26. The number of nitrogens with zero attached hydrogens (tertiary/aromatic N) is 1. The van der Waals surface area contributed by atoms with Crippen LogP contribution in [0.25, 0.3) is 0 Å². The number of fused-ring (bicyclic) bond motifs is 2. The van der Waals surface area contributed by atoms with Gasteiger partial charge in [0.2, 0.25) is 0 Å². The molecule has 0 amide bonds. The molecule has 1 radical (unpaired) electrons. The highest BCUT2D eigenvalue weighted by atomic mass is 15.1. The predicted molar refractivity (Wildman–Crippen MR) is 33.2 cm³/mol. The summed E-state index contributed by atoms with van der Waals surface area (Å²) in [5, 5.41) is 0. The van der Waals surface area contributed by atoms with Gasteiger partial charge in [0.1, 0.15) is 0 Å². The highest BCUT2D eigenvalue weighted by Crippen LogP contribution is 2.29. The van der Waals surface area contributed by atoms with Crippen LogP contribution in [0.1, 0.15) is 19.3 Å². The Hall–Kier alpha value is -0.0400. The van der Waals surface area contributed by atoms with Crippen LogP contribution in [0.4, 0.5) is 0 Å². The van der Waals surface area contributed by atoms with E-state index >= 15 is 0 Å². The van der Waals surface area contributed by atoms with Crippen molar-refractivity contribution in [2.75, 3.05) is 13.1 Å². The fourth-order valence-corrected chi connectivity index (χ4v) is 1.74. The van der Waals surface area contributed by atoms with Crippen LogP contribution < -0.4 is 0 Å². The summed E-state index contributed by atoms with van der Waals surface area (Å²) < 4.78 is 0. The maximum Gasteiger partial charge on any atom is 0.0282 e. The van der Waals surface area contributed by atoms with E-state index in [2.05, 4.69) is 11.4 Å². The highest BCUT2D eigenvalue weighted by molar-refractivity contribution is 4.89. The Morgan fingerprint density at radius 1 is 1.25 bits per heavy atom. The number of hydrogen-bond acceptors (Lipinski definition) is 1. The molecular weight excluding hydrogens is 98.1 g/mol. The van der Waals surface area contributed by atoms with Gasteiger partial charge in [0.25, 0.3) is 0 Å². The molecule has 2 aliphatic heterocycles. The molecule has 2 atom stereocenters. The van der Waals surface area contributed by atoms with Gasteiger partial charge in [-0.15, -0.1) is 0 Å². The Morgan fingerprint density at radius 2 is 2.25 bits per heavy atom. The van der Waals surface area contributed by atoms with Crippen LogP contribution in [0, 0.1) is 12.5 Å². The Bertz CT molecular complexity index is 76.4. The molecule has 0 aromatic rings. The fourth-order valence-electron chi connectivity index (χ4n) is 1.74. The molecule has 1 heteroatoms. The fraction of sp³-hybridized carbons (Fsp3) is 0.857. The monoisotopic (exact) mass is 110 g/mol. The van der Waals surface area contributed by atoms with E-state index in [-0.39, 0.29) is 0 Å². The van der Waals surface area contributed by atoms with Crippen molar-refractivity contribution in [3.05, 3.63) is 6.54 Å². The standard InChI is InChI=1S/C7H12N/c1-2-7-3-5-8(4-1)6-7/h6-7H,1-5H2. The van der Waals surface area contributed by atoms with Crippen molar-refractivity contribution < 1.29 is 0 Å². The summed E-state index contributed by atoms with van der Waals surface area (Å²) in [6, 6.07) is 0. The van der Waals surface area contributed by atoms with Crippen molar-refractivity contribution in [1.29, 1.82) is 0 Å². The lowest BCUT2D eigenvalue weighted by molar-refractivity contribution is 0.330. The first-order chi connectivity index (χ1) is 3.95. The third-order valence-electron chi connectivity index (χ3n) is 2.23. The van der Waals surface area contributed by atoms with Gasteiger partial charge in [-0.05, 0) is 38.3 Å². The third-order valence-corrected chi connectivity index (χ3v) is 2.23. The van der Waals surface area contributed by atoms with Crippen molar-refractivity contribution in [3.8, 4) is 0 Å². The summed E-state index contributed by atoms with van der Waals surface area (Å²) in [4.78, 5) is 2.47. The molecule has 2 saturated heterocycles. The van der Waals surface area contributed by atoms with E-state index in [4.69, 9.17) is 0 Å². The molecule has 1 nitrogen and oxygen atoms in total. The minimum absolute atomic E-state index is 0.962. The van der Waals surface area contributed by atoms with Gasteiger partial charge in [-0.25, -0.2) is 0 Å². The van der Waals surface area contributed by atoms with Crippen LogP contribution in [0.3, 0.4) is 0 Å². The average molecular weight is 110 g/mol. The van der Waals surface area contributed by atoms with Crippen LogP contribution in [0.2, 0.25) is 0 Å². The summed E-state index contributed by atoms with van der Waals surface area (Å²) in [7, 11) is 0. The van der Waals surface area contributed by atoms with E-state index in [9.17, 15) is 0 Å². The molecule has 45 valence electrons. The molecule has 0 spiro atoms. The van der Waals surface area contributed by atoms with Crippen LogP contribution in [-0.2, 0) is 0 Å². The summed E-state index contributed by atoms with van der Waals surface area (Å²) in [5.41, 5.74) is 0. The summed E-state index contributed by atoms with van der Waals surface area (Å²) >= 11 is 0. The van der Waals surface area contributed by atoms with Gasteiger partial charge in [0.05, 0.1) is 0 Å². The zero-order valence-corrected chi connectivity index (χ0v) is 5.14. The zero-order valence-electron chi connectivity index (χ0n) is 5.14. The minimum Gasteiger partial charge on any atom is -0.299 e. The van der Waals surface area contributed by atoms with Gasteiger partial charge in [0, 0.05) is 6.54 Å². The van der Waals surface area contributed by atoms with Gasteiger partial charge in [-0.2, -0.15) is 0 Å². The molecule has 0 aromatic heterocycles. The highest BCUT2D eigenvalue weighted by Gasteiger charge is 2.25. The largest absolute Gasteiger partial charge is 0.299 e. The van der Waals surface area contributed by atoms with E-state index in [1.54, 1.807) is 0 Å². The maximum absolute atomic E-state index is 2.47. The second-order valence-electron chi connectivity index (χ2n) is 2.88. The first-order valence-corrected chi connectivity index (χ1v) is 3.54. The molecule has 2 bridgehead atoms. The summed E-state index contributed by atoms with van der Waals surface area (Å²) in [6.07, 6.45) is 4.32. The van der Waals surface area contributed by atoms with Crippen LogP contribution in [-0.4, -0.2) is 18.0 Å². The van der Waals surface area contributed by atoms with Gasteiger partial charge in [-0.1, -0.05) is 0 Å². The molecule has 0 saturated carbocycles. The Labute approximate surface area is 50.7 Å². The molecular formula is C7H12N. The van der Waals surface area contributed by atoms with Gasteiger partial charge < -0.3 is 0 Å². The second-order valence-corrected chi connectivity index (χ2v) is 2.88. The SMILES string of the molecule is [CH]1C2CCCN1CC2. The minimum atomic E-state index is 0.962. The van der Waals surface area contributed by atoms with E-state index in [1.165, 1.54) is 32.4 Å². The van der Waals surface area contributed by atoms with E-state index < -0.39 is 0 Å². The molecule has 2 rings (SSSR count). The lowest BCUT2D eigenvalue weighted by Crippen LogP contribution is -2.21. The molecule has 8 heavy (non-hydrogen) atoms. The molecule has 0 N–H and O–H groups in total. The van der Waals surface area contributed by atoms with Gasteiger partial charge >= 0.3 is 0 Å². The van der Waals surface area contributed by atoms with E-state index in [1.807, 2.05) is 0 Å². The van der Waals surface area contributed by atoms with E-state index in [0.717, 1.165) is 5.92 Å². The lowest BCUT2D eigenvalue weighted by Gasteiger charge is -2.20. The Morgan fingerprint density at radius 3 is 3.00 bits per heavy atom. The average Bonchev–Trinajstić information content (AvgIpc) is 2.12. The Kier molecular flexibility index (Phi) is 1.04. The first-order valence-electron chi connectivity index (χ1n) is 3.54. The van der Waals surface area contributed by atoms with Crippen molar-refractivity contribution in [2.24, 2.45) is 5.92 Å². The normalized spacial score (nSPS) is 45.0. The maximum atomic E-state index is 2.47. The molecule has 2 fully saturated rings. The smallest absolute Gasteiger partial charge is 0.0282 e. The molecule has 2 unspecified atom stereocenters. The van der Waals surface area contributed by atoms with Crippen molar-refractivity contribution in [1.82, 2.24) is 4.90 Å². The molecule has 0 aliphatic carbocycles. The van der Waals surface area contributed by atoms with E-state index in [0.29, 0.717) is 0 Å². The summed E-state index contributed by atoms with van der Waals surface area (Å²) in [5.74, 6) is 0.962. The zero-order chi connectivity index (χ0) is 5.40. The molecule has 2 heterocycles. The van der Waals surface area contributed by atoms with Crippen molar-refractivity contribution in [2.45, 2.75) is 19.3 Å². The number of piperidine rings is 1. The Balaban J connectivity index is 2.03. The van der Waals surface area contributed by atoms with Crippen LogP contribution in [0.15, 0.2) is 0 Å². The van der Waals surface area contributed by atoms with Crippen molar-refractivity contribution in [3.63, 3.8) is 0 Å². The van der Waals surface area contributed by atoms with Crippen molar-refractivity contribution >= 4 is 0 Å². The lowest BCUT2D eigenvalue weighted by atomic mass is 10.0. The topological polar surface area (TPSA) is 3.24 Å². The number of hydrogen-bond donors (Lipinski definition) is 0. The van der Waals surface area contributed by atoms with Crippen LogP contribution >= 0.6 is 0 Å². The number of rotatable bonds is 0. The quantitative estimate of drug-likeness (QED) is 0.454. The second kappa shape index (κ2) is 1.73. The molecule has 2 aliphatic rings.